The summed E-state index contributed by atoms with van der Waals surface area (Å²) in [5.74, 6) is -0.187. The van der Waals surface area contributed by atoms with Crippen molar-refractivity contribution in [3.05, 3.63) is 35.4 Å². The van der Waals surface area contributed by atoms with Gasteiger partial charge in [-0.05, 0) is 42.6 Å². The quantitative estimate of drug-likeness (QED) is 0.479. The van der Waals surface area contributed by atoms with Crippen LogP contribution in [0.15, 0.2) is 24.3 Å². The number of hydrogen-bond acceptors (Lipinski definition) is 3. The molecule has 1 unspecified atom stereocenters. The summed E-state index contributed by atoms with van der Waals surface area (Å²) in [6.07, 6.45) is 2.94. The van der Waals surface area contributed by atoms with Crippen LogP contribution in [0.3, 0.4) is 0 Å². The first kappa shape index (κ1) is 16.7. The van der Waals surface area contributed by atoms with E-state index < -0.39 is 0 Å². The monoisotopic (exact) mass is 320 g/mol. The van der Waals surface area contributed by atoms with Crippen LogP contribution in [0.5, 0.6) is 0 Å². The summed E-state index contributed by atoms with van der Waals surface area (Å²) in [6, 6.07) is 8.73. The van der Waals surface area contributed by atoms with Crippen molar-refractivity contribution in [3.8, 4) is 0 Å². The number of benzene rings is 1. The molecule has 2 atom stereocenters. The molecule has 4 nitrogen and oxygen atoms in total. The van der Waals surface area contributed by atoms with Gasteiger partial charge in [-0.3, -0.25) is 4.79 Å². The van der Waals surface area contributed by atoms with Gasteiger partial charge in [0.1, 0.15) is 6.61 Å². The molecular formula is C17H24N2O2S. The van der Waals surface area contributed by atoms with Crippen molar-refractivity contribution in [2.45, 2.75) is 39.2 Å². The third-order valence-electron chi connectivity index (χ3n) is 4.08. The highest BCUT2D eigenvalue weighted by molar-refractivity contribution is 7.80. The molecule has 1 aromatic rings. The zero-order valence-electron chi connectivity index (χ0n) is 13.2. The van der Waals surface area contributed by atoms with E-state index >= 15 is 0 Å². The van der Waals surface area contributed by atoms with Gasteiger partial charge in [-0.2, -0.15) is 0 Å². The predicted octanol–water partition coefficient (Wildman–Crippen LogP) is 2.73. The molecule has 0 heterocycles. The van der Waals surface area contributed by atoms with E-state index in [9.17, 15) is 4.79 Å². The summed E-state index contributed by atoms with van der Waals surface area (Å²) in [5.41, 5.74) is 2.72. The van der Waals surface area contributed by atoms with Gasteiger partial charge in [-0.1, -0.05) is 38.1 Å². The Hall–Kier alpha value is -1.62. The molecule has 0 saturated carbocycles. The maximum absolute atomic E-state index is 11.5. The lowest BCUT2D eigenvalue weighted by Gasteiger charge is -2.17. The summed E-state index contributed by atoms with van der Waals surface area (Å²) in [6.45, 7) is 4.72. The second-order valence-electron chi connectivity index (χ2n) is 5.67. The van der Waals surface area contributed by atoms with Crippen LogP contribution in [0.1, 0.15) is 43.9 Å². The van der Waals surface area contributed by atoms with Gasteiger partial charge in [-0.25, -0.2) is 0 Å². The molecule has 0 bridgehead atoms. The third kappa shape index (κ3) is 4.44. The molecule has 120 valence electrons. The van der Waals surface area contributed by atoms with Gasteiger partial charge in [0.05, 0.1) is 18.5 Å². The molecular weight excluding hydrogens is 296 g/mol. The molecule has 1 aliphatic carbocycles. The van der Waals surface area contributed by atoms with Crippen molar-refractivity contribution in [3.63, 3.8) is 0 Å². The highest BCUT2D eigenvalue weighted by Crippen LogP contribution is 2.30. The van der Waals surface area contributed by atoms with Gasteiger partial charge in [0.2, 0.25) is 0 Å². The van der Waals surface area contributed by atoms with Gasteiger partial charge in [0, 0.05) is 0 Å². The lowest BCUT2D eigenvalue weighted by molar-refractivity contribution is -0.147. The SMILES string of the molecule is CCC(C)C(=O)OCCNC(=S)N[C@H]1CCc2ccccc21. The Kier molecular flexibility index (Phi) is 6.19. The Bertz CT molecular complexity index is 533. The van der Waals surface area contributed by atoms with E-state index in [1.54, 1.807) is 0 Å². The van der Waals surface area contributed by atoms with Gasteiger partial charge in [0.25, 0.3) is 0 Å². The number of thiocarbonyl (C=S) groups is 1. The fourth-order valence-electron chi connectivity index (χ4n) is 2.54. The zero-order valence-corrected chi connectivity index (χ0v) is 14.0. The fraction of sp³-hybridized carbons (Fsp3) is 0.529. The summed E-state index contributed by atoms with van der Waals surface area (Å²) in [7, 11) is 0. The Morgan fingerprint density at radius 2 is 2.23 bits per heavy atom. The lowest BCUT2D eigenvalue weighted by atomic mass is 10.1. The van der Waals surface area contributed by atoms with E-state index in [0.717, 1.165) is 19.3 Å². The van der Waals surface area contributed by atoms with Gasteiger partial charge < -0.3 is 15.4 Å². The van der Waals surface area contributed by atoms with Crippen LogP contribution in [0.25, 0.3) is 0 Å². The lowest BCUT2D eigenvalue weighted by Crippen LogP contribution is -2.39. The average molecular weight is 320 g/mol. The normalized spacial score (nSPS) is 17.5. The second-order valence-corrected chi connectivity index (χ2v) is 6.08. The largest absolute Gasteiger partial charge is 0.464 e. The van der Waals surface area contributed by atoms with Crippen LogP contribution in [-0.2, 0) is 16.0 Å². The first-order chi connectivity index (χ1) is 10.6. The maximum atomic E-state index is 11.5. The second kappa shape index (κ2) is 8.13. The van der Waals surface area contributed by atoms with Crippen molar-refractivity contribution in [2.24, 2.45) is 5.92 Å². The number of fused-ring (bicyclic) bond motifs is 1. The van der Waals surface area contributed by atoms with Crippen molar-refractivity contribution >= 4 is 23.3 Å². The maximum Gasteiger partial charge on any atom is 0.308 e. The molecule has 0 radical (unpaired) electrons. The van der Waals surface area contributed by atoms with E-state index in [-0.39, 0.29) is 17.9 Å². The first-order valence-corrected chi connectivity index (χ1v) is 8.31. The highest BCUT2D eigenvalue weighted by atomic mass is 32.1. The predicted molar refractivity (Wildman–Crippen MR) is 91.7 cm³/mol. The summed E-state index contributed by atoms with van der Waals surface area (Å²) < 4.78 is 5.18. The Labute approximate surface area is 137 Å². The van der Waals surface area contributed by atoms with Crippen molar-refractivity contribution in [2.75, 3.05) is 13.2 Å². The van der Waals surface area contributed by atoms with Crippen LogP contribution in [-0.4, -0.2) is 24.2 Å². The Balaban J connectivity index is 1.68. The smallest absolute Gasteiger partial charge is 0.308 e. The van der Waals surface area contributed by atoms with E-state index in [0.29, 0.717) is 18.3 Å². The van der Waals surface area contributed by atoms with Crippen LogP contribution in [0, 0.1) is 5.92 Å². The molecule has 2 N–H and O–H groups in total. The molecule has 5 heteroatoms. The molecule has 0 fully saturated rings. The highest BCUT2D eigenvalue weighted by Gasteiger charge is 2.22. The molecule has 2 rings (SSSR count). The first-order valence-electron chi connectivity index (χ1n) is 7.90. The number of nitrogens with one attached hydrogen (secondary N) is 2. The Morgan fingerprint density at radius 1 is 1.45 bits per heavy atom. The number of carbonyl (C=O) groups is 1. The summed E-state index contributed by atoms with van der Waals surface area (Å²) in [5, 5.41) is 7.05. The molecule has 0 amide bonds. The van der Waals surface area contributed by atoms with Crippen molar-refractivity contribution in [1.82, 2.24) is 10.6 Å². The van der Waals surface area contributed by atoms with Crippen molar-refractivity contribution in [1.29, 1.82) is 0 Å². The van der Waals surface area contributed by atoms with Gasteiger partial charge in [0.15, 0.2) is 5.11 Å². The Morgan fingerprint density at radius 3 is 3.00 bits per heavy atom. The van der Waals surface area contributed by atoms with Gasteiger partial charge in [-0.15, -0.1) is 0 Å². The van der Waals surface area contributed by atoms with E-state index in [1.807, 2.05) is 13.8 Å². The number of hydrogen-bond donors (Lipinski definition) is 2. The molecule has 0 saturated heterocycles. The van der Waals surface area contributed by atoms with Crippen LogP contribution >= 0.6 is 12.2 Å². The fourth-order valence-corrected chi connectivity index (χ4v) is 2.79. The minimum Gasteiger partial charge on any atom is -0.464 e. The zero-order chi connectivity index (χ0) is 15.9. The molecule has 1 aromatic carbocycles. The third-order valence-corrected chi connectivity index (χ3v) is 4.35. The topological polar surface area (TPSA) is 50.4 Å². The molecule has 0 aliphatic heterocycles. The van der Waals surface area contributed by atoms with Crippen molar-refractivity contribution < 1.29 is 9.53 Å². The molecule has 1 aliphatic rings. The van der Waals surface area contributed by atoms with Crippen LogP contribution in [0.4, 0.5) is 0 Å². The summed E-state index contributed by atoms with van der Waals surface area (Å²) >= 11 is 5.31. The summed E-state index contributed by atoms with van der Waals surface area (Å²) in [4.78, 5) is 11.5. The molecule has 0 aromatic heterocycles. The standard InChI is InChI=1S/C17H24N2O2S/c1-3-12(2)16(20)21-11-10-18-17(22)19-15-9-8-13-6-4-5-7-14(13)15/h4-7,12,15H,3,8-11H2,1-2H3,(H2,18,19,22)/t12?,15-/m0/s1. The van der Waals surface area contributed by atoms with E-state index in [1.165, 1.54) is 11.1 Å². The van der Waals surface area contributed by atoms with Gasteiger partial charge >= 0.3 is 5.97 Å². The van der Waals surface area contributed by atoms with Crippen LogP contribution in [0.2, 0.25) is 0 Å². The average Bonchev–Trinajstić information content (AvgIpc) is 2.93. The molecule has 22 heavy (non-hydrogen) atoms. The minimum atomic E-state index is -0.145. The minimum absolute atomic E-state index is 0.0416. The number of esters is 1. The van der Waals surface area contributed by atoms with E-state index in [4.69, 9.17) is 17.0 Å². The number of carbonyl (C=O) groups excluding carboxylic acids is 1. The van der Waals surface area contributed by atoms with Crippen LogP contribution < -0.4 is 10.6 Å². The van der Waals surface area contributed by atoms with E-state index in [2.05, 4.69) is 34.9 Å². The number of ether oxygens (including phenoxy) is 1. The number of aryl methyl sites for hydroxylation is 1. The molecule has 0 spiro atoms. The number of rotatable bonds is 6.